The van der Waals surface area contributed by atoms with Crippen LogP contribution >= 0.6 is 0 Å². The second kappa shape index (κ2) is 22.2. The molecule has 16 nitrogen and oxygen atoms in total. The Hall–Kier alpha value is -1.61. The smallest absolute Gasteiger partial charge is 0.330 e. The van der Waals surface area contributed by atoms with E-state index in [-0.39, 0.29) is 55.5 Å². The van der Waals surface area contributed by atoms with Gasteiger partial charge in [0.15, 0.2) is 17.9 Å². The van der Waals surface area contributed by atoms with E-state index < -0.39 is 102 Å². The highest BCUT2D eigenvalue weighted by Gasteiger charge is 2.55. The van der Waals surface area contributed by atoms with Gasteiger partial charge < -0.3 is 73.6 Å². The van der Waals surface area contributed by atoms with Gasteiger partial charge in [0.25, 0.3) is 0 Å². The van der Waals surface area contributed by atoms with E-state index in [0.717, 1.165) is 25.0 Å². The summed E-state index contributed by atoms with van der Waals surface area (Å²) in [5, 5.41) is 80.2. The van der Waals surface area contributed by atoms with Crippen LogP contribution in [0.15, 0.2) is 24.3 Å². The van der Waals surface area contributed by atoms with Gasteiger partial charge in [-0.2, -0.15) is 0 Å². The molecule has 21 unspecified atom stereocenters. The molecule has 7 N–H and O–H groups in total. The molecule has 64 heavy (non-hydrogen) atoms. The monoisotopic (exact) mass is 915 g/mol. The first-order valence-electron chi connectivity index (χ1n) is 23.8. The van der Waals surface area contributed by atoms with Crippen LogP contribution in [0.2, 0.25) is 0 Å². The lowest BCUT2D eigenvalue weighted by atomic mass is 9.77. The highest BCUT2D eigenvalue weighted by atomic mass is 16.7. The second-order valence-electron chi connectivity index (χ2n) is 20.4. The molecule has 0 radical (unpaired) electrons. The van der Waals surface area contributed by atoms with Gasteiger partial charge in [0, 0.05) is 63.7 Å². The number of hydrogen-bond donors (Lipinski definition) is 7. The topological polar surface area (TPSA) is 233 Å². The highest BCUT2D eigenvalue weighted by Crippen LogP contribution is 2.49. The molecule has 21 atom stereocenters. The zero-order chi connectivity index (χ0) is 47.4. The molecule has 0 amide bonds. The molecule has 0 aromatic heterocycles. The first-order valence-corrected chi connectivity index (χ1v) is 23.8. The summed E-state index contributed by atoms with van der Waals surface area (Å²) < 4.78 is 50.6. The van der Waals surface area contributed by atoms with Crippen LogP contribution in [0, 0.1) is 29.6 Å². The molecule has 0 aromatic rings. The van der Waals surface area contributed by atoms with Gasteiger partial charge in [-0.05, 0) is 83.6 Å². The molecule has 0 aliphatic carbocycles. The van der Waals surface area contributed by atoms with Crippen molar-refractivity contribution >= 4 is 5.97 Å². The predicted molar refractivity (Wildman–Crippen MR) is 234 cm³/mol. The Balaban J connectivity index is 1.51. The van der Waals surface area contributed by atoms with Crippen molar-refractivity contribution in [2.24, 2.45) is 29.6 Å². The summed E-state index contributed by atoms with van der Waals surface area (Å²) in [7, 11) is 3.06. The van der Waals surface area contributed by atoms with Crippen LogP contribution in [0.3, 0.4) is 0 Å². The number of rotatable bonds is 7. The van der Waals surface area contributed by atoms with E-state index in [0.29, 0.717) is 38.7 Å². The second-order valence-corrected chi connectivity index (χ2v) is 20.4. The first kappa shape index (κ1) is 53.3. The van der Waals surface area contributed by atoms with Crippen LogP contribution in [0.5, 0.6) is 0 Å². The minimum Gasteiger partial charge on any atom is -0.459 e. The van der Waals surface area contributed by atoms with Gasteiger partial charge in [0.05, 0.1) is 54.9 Å². The number of carbonyl (C=O) groups is 1. The van der Waals surface area contributed by atoms with Crippen LogP contribution in [-0.2, 0) is 42.7 Å². The molecule has 0 saturated carbocycles. The molecular formula is C48H82O16. The number of fused-ring (bicyclic) bond motifs is 3. The SMILES string of the molecule is CCC(O)CC1OC2(CCC1C)CC1OC(=O)C=CC(C)(O)C(O)C(C)C(O)C(OC3CC(OC)C(O)C(C)O3)C(O)C(C)(O)CCCC=CC3CC(C)COC3(OC)CC(O2)C1C. The Kier molecular flexibility index (Phi) is 18.5. The first-order chi connectivity index (χ1) is 30.0. The zero-order valence-electron chi connectivity index (χ0n) is 39.9. The molecule has 5 aliphatic heterocycles. The van der Waals surface area contributed by atoms with E-state index in [1.807, 2.05) is 19.9 Å². The molecule has 0 aromatic carbocycles. The molecule has 4 fully saturated rings. The average Bonchev–Trinajstić information content (AvgIpc) is 3.25. The van der Waals surface area contributed by atoms with Crippen molar-refractivity contribution in [3.8, 4) is 0 Å². The maximum atomic E-state index is 13.8. The van der Waals surface area contributed by atoms with E-state index in [2.05, 4.69) is 19.9 Å². The molecule has 5 aliphatic rings. The van der Waals surface area contributed by atoms with Gasteiger partial charge in [-0.3, -0.25) is 0 Å². The van der Waals surface area contributed by atoms with Gasteiger partial charge in [0.2, 0.25) is 0 Å². The Morgan fingerprint density at radius 1 is 0.906 bits per heavy atom. The molecule has 16 heteroatoms. The normalized spacial score (nSPS) is 48.7. The van der Waals surface area contributed by atoms with Gasteiger partial charge in [-0.1, -0.05) is 46.8 Å². The van der Waals surface area contributed by atoms with Gasteiger partial charge in [0.1, 0.15) is 30.0 Å². The number of hydrogen-bond acceptors (Lipinski definition) is 16. The summed E-state index contributed by atoms with van der Waals surface area (Å²) in [4.78, 5) is 13.8. The number of esters is 1. The van der Waals surface area contributed by atoms with Gasteiger partial charge in [-0.25, -0.2) is 4.79 Å². The van der Waals surface area contributed by atoms with Crippen LogP contribution in [0.1, 0.15) is 126 Å². The van der Waals surface area contributed by atoms with Gasteiger partial charge in [-0.15, -0.1) is 0 Å². The fraction of sp³-hybridized carbons (Fsp3) is 0.896. The molecular weight excluding hydrogens is 833 g/mol. The van der Waals surface area contributed by atoms with Crippen molar-refractivity contribution in [1.82, 2.24) is 0 Å². The molecule has 5 heterocycles. The third-order valence-corrected chi connectivity index (χ3v) is 15.1. The number of carbonyl (C=O) groups excluding carboxylic acids is 1. The average molecular weight is 915 g/mol. The minimum absolute atomic E-state index is 0.0399. The lowest BCUT2D eigenvalue weighted by Crippen LogP contribution is -2.60. The minimum atomic E-state index is -2.11. The van der Waals surface area contributed by atoms with E-state index in [1.165, 1.54) is 27.9 Å². The molecule has 370 valence electrons. The lowest BCUT2D eigenvalue weighted by molar-refractivity contribution is -0.364. The molecule has 5 rings (SSSR count). The van der Waals surface area contributed by atoms with E-state index in [9.17, 15) is 40.5 Å². The van der Waals surface area contributed by atoms with Gasteiger partial charge >= 0.3 is 5.97 Å². The third-order valence-electron chi connectivity index (χ3n) is 15.1. The highest BCUT2D eigenvalue weighted by molar-refractivity contribution is 5.82. The Bertz CT molecular complexity index is 1540. The van der Waals surface area contributed by atoms with Crippen LogP contribution in [0.25, 0.3) is 0 Å². The maximum Gasteiger partial charge on any atom is 0.330 e. The number of ether oxygens (including phenoxy) is 8. The molecule has 2 bridgehead atoms. The Morgan fingerprint density at radius 2 is 1.62 bits per heavy atom. The van der Waals surface area contributed by atoms with Crippen molar-refractivity contribution in [3.63, 3.8) is 0 Å². The quantitative estimate of drug-likeness (QED) is 0.142. The van der Waals surface area contributed by atoms with Crippen molar-refractivity contribution in [1.29, 1.82) is 0 Å². The lowest BCUT2D eigenvalue weighted by Gasteiger charge is -2.54. The maximum absolute atomic E-state index is 13.8. The van der Waals surface area contributed by atoms with E-state index in [4.69, 9.17) is 37.9 Å². The van der Waals surface area contributed by atoms with Crippen molar-refractivity contribution in [2.75, 3.05) is 20.8 Å². The predicted octanol–water partition coefficient (Wildman–Crippen LogP) is 3.81. The van der Waals surface area contributed by atoms with Crippen molar-refractivity contribution < 1.29 is 78.4 Å². The van der Waals surface area contributed by atoms with Crippen molar-refractivity contribution in [3.05, 3.63) is 24.3 Å². The van der Waals surface area contributed by atoms with E-state index >= 15 is 0 Å². The largest absolute Gasteiger partial charge is 0.459 e. The molecule has 4 saturated heterocycles. The van der Waals surface area contributed by atoms with Crippen molar-refractivity contribution in [2.45, 2.75) is 222 Å². The summed E-state index contributed by atoms with van der Waals surface area (Å²) >= 11 is 0. The third kappa shape index (κ3) is 12.5. The molecule has 1 spiro atoms. The Morgan fingerprint density at radius 3 is 2.30 bits per heavy atom. The fourth-order valence-electron chi connectivity index (χ4n) is 10.4. The number of aliphatic hydroxyl groups excluding tert-OH is 5. The standard InChI is InChI=1S/C48H82O16/c1-11-33(49)22-34-28(3)16-20-47(63-34)24-36-29(4)37(64-47)25-48(58-10)32(21-27(2)26-59-48)15-13-12-14-18-45(7,55)44(54)42(62-39-23-35(57-9)41(52)31(6)60-39)40(51)30(5)43(53)46(8,56)19-17-38(50)61-36/h13,15,17,19,27-37,39-44,49,51-56H,11-12,14,16,18,20-26H2,1-10H3. The fourth-order valence-corrected chi connectivity index (χ4v) is 10.4. The summed E-state index contributed by atoms with van der Waals surface area (Å²) in [5.74, 6) is -4.44. The Labute approximate surface area is 380 Å². The van der Waals surface area contributed by atoms with Crippen LogP contribution < -0.4 is 0 Å². The van der Waals surface area contributed by atoms with Crippen LogP contribution in [-0.4, -0.2) is 159 Å². The summed E-state index contributed by atoms with van der Waals surface area (Å²) in [6.45, 7) is 14.4. The zero-order valence-corrected chi connectivity index (χ0v) is 39.9. The van der Waals surface area contributed by atoms with E-state index in [1.54, 1.807) is 14.0 Å². The van der Waals surface area contributed by atoms with Crippen LogP contribution in [0.4, 0.5) is 0 Å². The number of methoxy groups -OCH3 is 2. The number of allylic oxidation sites excluding steroid dienone is 1. The summed E-state index contributed by atoms with van der Waals surface area (Å²) in [6, 6.07) is 0. The number of aliphatic hydroxyl groups is 7. The summed E-state index contributed by atoms with van der Waals surface area (Å²) in [6.07, 6.45) is -1.38. The summed E-state index contributed by atoms with van der Waals surface area (Å²) in [5.41, 5.74) is -3.93.